The SMILES string of the molecule is CCc1cccc(CC)c1N1C(=O)C2C(/C=C/c3ccccc3)NC(C)(C(=O)O)C2C1=O. The number of imide groups is 1. The molecular formula is C26H28N2O4. The minimum Gasteiger partial charge on any atom is -0.480 e. The maximum absolute atomic E-state index is 13.7. The zero-order valence-electron chi connectivity index (χ0n) is 18.5. The van der Waals surface area contributed by atoms with Crippen LogP contribution in [-0.4, -0.2) is 34.5 Å². The molecule has 2 fully saturated rings. The predicted octanol–water partition coefficient (Wildman–Crippen LogP) is 3.45. The molecule has 6 heteroatoms. The van der Waals surface area contributed by atoms with Crippen molar-refractivity contribution in [2.45, 2.75) is 45.2 Å². The minimum atomic E-state index is -1.54. The van der Waals surface area contributed by atoms with Gasteiger partial charge < -0.3 is 5.11 Å². The van der Waals surface area contributed by atoms with Gasteiger partial charge >= 0.3 is 5.97 Å². The van der Waals surface area contributed by atoms with Gasteiger partial charge in [-0.2, -0.15) is 0 Å². The molecule has 0 aromatic heterocycles. The first-order valence-corrected chi connectivity index (χ1v) is 11.1. The second-order valence-corrected chi connectivity index (χ2v) is 8.59. The number of nitrogens with one attached hydrogen (secondary N) is 1. The third-order valence-electron chi connectivity index (χ3n) is 6.75. The van der Waals surface area contributed by atoms with E-state index in [1.54, 1.807) is 0 Å². The van der Waals surface area contributed by atoms with Gasteiger partial charge in [-0.25, -0.2) is 4.90 Å². The van der Waals surface area contributed by atoms with E-state index in [9.17, 15) is 19.5 Å². The van der Waals surface area contributed by atoms with Crippen molar-refractivity contribution < 1.29 is 19.5 Å². The largest absolute Gasteiger partial charge is 0.480 e. The van der Waals surface area contributed by atoms with Crippen LogP contribution >= 0.6 is 0 Å². The third-order valence-corrected chi connectivity index (χ3v) is 6.75. The molecule has 32 heavy (non-hydrogen) atoms. The highest BCUT2D eigenvalue weighted by Gasteiger charge is 2.66. The molecule has 4 atom stereocenters. The van der Waals surface area contributed by atoms with Gasteiger partial charge in [0.15, 0.2) is 0 Å². The van der Waals surface area contributed by atoms with Crippen LogP contribution in [0.3, 0.4) is 0 Å². The van der Waals surface area contributed by atoms with E-state index in [-0.39, 0.29) is 5.91 Å². The van der Waals surface area contributed by atoms with E-state index in [1.807, 2.05) is 74.5 Å². The molecule has 2 aliphatic rings. The number of para-hydroxylation sites is 1. The third kappa shape index (κ3) is 3.35. The average molecular weight is 433 g/mol. The number of nitrogens with zero attached hydrogens (tertiary/aromatic N) is 1. The van der Waals surface area contributed by atoms with E-state index in [0.717, 1.165) is 16.7 Å². The second-order valence-electron chi connectivity index (χ2n) is 8.59. The van der Waals surface area contributed by atoms with Crippen LogP contribution in [0, 0.1) is 11.8 Å². The Balaban J connectivity index is 1.80. The molecule has 2 heterocycles. The van der Waals surface area contributed by atoms with Gasteiger partial charge in [0.25, 0.3) is 0 Å². The first-order valence-electron chi connectivity index (χ1n) is 11.1. The van der Waals surface area contributed by atoms with Gasteiger partial charge in [0.2, 0.25) is 11.8 Å². The Kier molecular flexibility index (Phi) is 5.73. The predicted molar refractivity (Wildman–Crippen MR) is 123 cm³/mol. The van der Waals surface area contributed by atoms with Crippen LogP contribution in [0.5, 0.6) is 0 Å². The van der Waals surface area contributed by atoms with Crippen LogP contribution in [-0.2, 0) is 27.2 Å². The molecule has 2 aliphatic heterocycles. The van der Waals surface area contributed by atoms with E-state index < -0.39 is 35.3 Å². The summed E-state index contributed by atoms with van der Waals surface area (Å²) in [5, 5.41) is 13.1. The molecule has 0 bridgehead atoms. The van der Waals surface area contributed by atoms with Crippen LogP contribution in [0.15, 0.2) is 54.6 Å². The number of carboxylic acids is 1. The number of hydrogen-bond acceptors (Lipinski definition) is 4. The average Bonchev–Trinajstić information content (AvgIpc) is 3.25. The number of carbonyl (C=O) groups excluding carboxylic acids is 2. The van der Waals surface area contributed by atoms with Crippen molar-refractivity contribution in [3.8, 4) is 0 Å². The fourth-order valence-corrected chi connectivity index (χ4v) is 5.05. The van der Waals surface area contributed by atoms with E-state index in [2.05, 4.69) is 5.32 Å². The van der Waals surface area contributed by atoms with Crippen LogP contribution < -0.4 is 10.2 Å². The van der Waals surface area contributed by atoms with Crippen molar-refractivity contribution in [3.05, 3.63) is 71.3 Å². The van der Waals surface area contributed by atoms with Gasteiger partial charge in [-0.3, -0.25) is 19.7 Å². The lowest BCUT2D eigenvalue weighted by molar-refractivity contribution is -0.147. The van der Waals surface area contributed by atoms with E-state index in [1.165, 1.54) is 11.8 Å². The van der Waals surface area contributed by atoms with Gasteiger partial charge in [0.1, 0.15) is 5.54 Å². The summed E-state index contributed by atoms with van der Waals surface area (Å²) in [7, 11) is 0. The van der Waals surface area contributed by atoms with E-state index in [4.69, 9.17) is 0 Å². The van der Waals surface area contributed by atoms with Crippen molar-refractivity contribution in [1.29, 1.82) is 0 Å². The van der Waals surface area contributed by atoms with Crippen molar-refractivity contribution in [1.82, 2.24) is 5.32 Å². The maximum atomic E-state index is 13.7. The van der Waals surface area contributed by atoms with Crippen molar-refractivity contribution in [2.75, 3.05) is 4.90 Å². The van der Waals surface area contributed by atoms with Crippen molar-refractivity contribution in [3.63, 3.8) is 0 Å². The molecule has 0 spiro atoms. The number of carboxylic acid groups (broad SMARTS) is 1. The molecule has 2 aromatic rings. The Bertz CT molecular complexity index is 1070. The highest BCUT2D eigenvalue weighted by Crippen LogP contribution is 2.46. The van der Waals surface area contributed by atoms with Crippen molar-refractivity contribution in [2.24, 2.45) is 11.8 Å². The van der Waals surface area contributed by atoms with E-state index in [0.29, 0.717) is 18.5 Å². The lowest BCUT2D eigenvalue weighted by Gasteiger charge is -2.28. The number of amides is 2. The quantitative estimate of drug-likeness (QED) is 0.683. The first-order chi connectivity index (χ1) is 15.3. The molecule has 2 N–H and O–H groups in total. The molecule has 2 aromatic carbocycles. The number of aryl methyl sites for hydroxylation is 2. The zero-order chi connectivity index (χ0) is 23.0. The monoisotopic (exact) mass is 432 g/mol. The summed E-state index contributed by atoms with van der Waals surface area (Å²) in [4.78, 5) is 40.9. The number of fused-ring (bicyclic) bond motifs is 1. The number of anilines is 1. The fraction of sp³-hybridized carbons (Fsp3) is 0.346. The molecule has 166 valence electrons. The van der Waals surface area contributed by atoms with Crippen molar-refractivity contribution >= 4 is 29.5 Å². The number of aliphatic carboxylic acids is 1. The summed E-state index contributed by atoms with van der Waals surface area (Å²) >= 11 is 0. The zero-order valence-corrected chi connectivity index (χ0v) is 18.5. The molecule has 2 amide bonds. The number of carbonyl (C=O) groups is 3. The molecule has 6 nitrogen and oxygen atoms in total. The summed E-state index contributed by atoms with van der Waals surface area (Å²) in [5.41, 5.74) is 1.85. The summed E-state index contributed by atoms with van der Waals surface area (Å²) < 4.78 is 0. The summed E-state index contributed by atoms with van der Waals surface area (Å²) in [6.45, 7) is 5.47. The second kappa shape index (κ2) is 8.36. The molecule has 0 saturated carbocycles. The minimum absolute atomic E-state index is 0.337. The van der Waals surface area contributed by atoms with Gasteiger partial charge in [0, 0.05) is 6.04 Å². The van der Waals surface area contributed by atoms with Gasteiger partial charge in [-0.1, -0.05) is 74.5 Å². The maximum Gasteiger partial charge on any atom is 0.324 e. The lowest BCUT2D eigenvalue weighted by atomic mass is 9.81. The Morgan fingerprint density at radius 1 is 1.03 bits per heavy atom. The normalized spacial score (nSPS) is 27.3. The fourth-order valence-electron chi connectivity index (χ4n) is 5.05. The molecule has 4 unspecified atom stereocenters. The molecule has 2 saturated heterocycles. The van der Waals surface area contributed by atoms with Gasteiger partial charge in [0.05, 0.1) is 17.5 Å². The van der Waals surface area contributed by atoms with Gasteiger partial charge in [-0.05, 0) is 36.5 Å². The standard InChI is InChI=1S/C26H28N2O4/c1-4-17-12-9-13-18(5-2)22(17)28-23(29)20-19(15-14-16-10-7-6-8-11-16)27-26(3,25(31)32)21(20)24(28)30/h6-15,19-21,27H,4-5H2,1-3H3,(H,31,32)/b15-14+. The summed E-state index contributed by atoms with van der Waals surface area (Å²) in [5.74, 6) is -3.67. The van der Waals surface area contributed by atoms with Crippen LogP contribution in [0.4, 0.5) is 5.69 Å². The van der Waals surface area contributed by atoms with Crippen LogP contribution in [0.25, 0.3) is 6.08 Å². The molecular weight excluding hydrogens is 404 g/mol. The highest BCUT2D eigenvalue weighted by atomic mass is 16.4. The highest BCUT2D eigenvalue weighted by molar-refractivity contribution is 6.25. The van der Waals surface area contributed by atoms with Gasteiger partial charge in [-0.15, -0.1) is 0 Å². The Morgan fingerprint density at radius 3 is 2.22 bits per heavy atom. The first kappa shape index (κ1) is 22.0. The Morgan fingerprint density at radius 2 is 1.66 bits per heavy atom. The smallest absolute Gasteiger partial charge is 0.324 e. The number of rotatable bonds is 6. The summed E-state index contributed by atoms with van der Waals surface area (Å²) in [6, 6.07) is 14.8. The van der Waals surface area contributed by atoms with E-state index >= 15 is 0 Å². The lowest BCUT2D eigenvalue weighted by Crippen LogP contribution is -2.54. The summed E-state index contributed by atoms with van der Waals surface area (Å²) in [6.07, 6.45) is 5.01. The van der Waals surface area contributed by atoms with Crippen LogP contribution in [0.2, 0.25) is 0 Å². The van der Waals surface area contributed by atoms with Crippen LogP contribution in [0.1, 0.15) is 37.5 Å². The molecule has 0 radical (unpaired) electrons. The number of hydrogen-bond donors (Lipinski definition) is 2. The topological polar surface area (TPSA) is 86.7 Å². The number of benzene rings is 2. The molecule has 4 rings (SSSR count). The Hall–Kier alpha value is -3.25. The Labute approximate surface area is 187 Å². The molecule has 0 aliphatic carbocycles.